The van der Waals surface area contributed by atoms with Crippen LogP contribution < -0.4 is 10.6 Å². The number of nitrogens with one attached hydrogen (secondary N) is 2. The number of rotatable bonds is 3. The number of hydrogen-bond donors (Lipinski definition) is 2. The first-order valence-corrected chi connectivity index (χ1v) is 8.43. The molecule has 7 heteroatoms. The number of nitrogens with zero attached hydrogens (tertiary/aromatic N) is 2. The fourth-order valence-corrected chi connectivity index (χ4v) is 3.53. The first kappa shape index (κ1) is 20.1. The molecule has 1 saturated heterocycles. The van der Waals surface area contributed by atoms with E-state index < -0.39 is 0 Å². The number of aliphatic imine (C=N–C) groups is 1. The normalized spacial score (nSPS) is 17.2. The molecule has 1 aromatic carbocycles. The Kier molecular flexibility index (Phi) is 8.18. The second kappa shape index (κ2) is 9.36. The van der Waals surface area contributed by atoms with Crippen molar-refractivity contribution in [3.63, 3.8) is 0 Å². The molecule has 0 bridgehead atoms. The summed E-state index contributed by atoms with van der Waals surface area (Å²) >= 11 is 1.97. The number of benzene rings is 1. The molecule has 0 radical (unpaired) electrons. The van der Waals surface area contributed by atoms with Gasteiger partial charge in [-0.3, -0.25) is 9.79 Å². The number of carbonyl (C=O) groups excluding carboxylic acids is 1. The molecule has 5 nitrogen and oxygen atoms in total. The predicted octanol–water partition coefficient (Wildman–Crippen LogP) is 2.65. The Labute approximate surface area is 159 Å². The minimum atomic E-state index is -0.0713. The lowest BCUT2D eigenvalue weighted by Crippen LogP contribution is -2.52. The van der Waals surface area contributed by atoms with Gasteiger partial charge in [-0.2, -0.15) is 11.8 Å². The summed E-state index contributed by atoms with van der Waals surface area (Å²) in [4.78, 5) is 18.5. The third kappa shape index (κ3) is 6.58. The number of amides is 1. The number of thioether (sulfide) groups is 1. The SMILES string of the molecule is CN=C(NCC(=O)Nc1ccccc1)N1CCSC(C)(C)C1.I. The largest absolute Gasteiger partial charge is 0.347 e. The lowest BCUT2D eigenvalue weighted by atomic mass is 10.2. The molecule has 0 spiro atoms. The zero-order chi connectivity index (χ0) is 16.0. The summed E-state index contributed by atoms with van der Waals surface area (Å²) in [6.07, 6.45) is 0. The van der Waals surface area contributed by atoms with Crippen molar-refractivity contribution in [2.75, 3.05) is 37.8 Å². The summed E-state index contributed by atoms with van der Waals surface area (Å²) < 4.78 is 0.210. The first-order chi connectivity index (χ1) is 10.5. The fraction of sp³-hybridized carbons (Fsp3) is 0.500. The highest BCUT2D eigenvalue weighted by molar-refractivity contribution is 14.0. The topological polar surface area (TPSA) is 56.7 Å². The number of guanidine groups is 1. The van der Waals surface area contributed by atoms with Crippen LogP contribution in [-0.2, 0) is 4.79 Å². The van der Waals surface area contributed by atoms with E-state index >= 15 is 0 Å². The van der Waals surface area contributed by atoms with Crippen LogP contribution in [0, 0.1) is 0 Å². The molecule has 1 aliphatic rings. The van der Waals surface area contributed by atoms with Crippen LogP contribution in [0.15, 0.2) is 35.3 Å². The predicted molar refractivity (Wildman–Crippen MR) is 110 cm³/mol. The molecule has 2 N–H and O–H groups in total. The van der Waals surface area contributed by atoms with Crippen molar-refractivity contribution in [3.05, 3.63) is 30.3 Å². The second-order valence-corrected chi connectivity index (χ2v) is 7.65. The molecule has 0 aromatic heterocycles. The van der Waals surface area contributed by atoms with Crippen LogP contribution in [0.2, 0.25) is 0 Å². The van der Waals surface area contributed by atoms with Crippen molar-refractivity contribution in [2.24, 2.45) is 4.99 Å². The molecule has 128 valence electrons. The maximum atomic E-state index is 12.0. The van der Waals surface area contributed by atoms with E-state index in [0.717, 1.165) is 30.5 Å². The third-order valence-corrected chi connectivity index (χ3v) is 4.70. The van der Waals surface area contributed by atoms with Gasteiger partial charge < -0.3 is 15.5 Å². The Morgan fingerprint density at radius 3 is 2.65 bits per heavy atom. The molecule has 0 aliphatic carbocycles. The van der Waals surface area contributed by atoms with E-state index in [1.54, 1.807) is 7.05 Å². The average Bonchev–Trinajstić information content (AvgIpc) is 2.48. The maximum Gasteiger partial charge on any atom is 0.243 e. The number of halogens is 1. The van der Waals surface area contributed by atoms with Crippen LogP contribution in [0.1, 0.15) is 13.8 Å². The molecule has 2 rings (SSSR count). The minimum Gasteiger partial charge on any atom is -0.347 e. The summed E-state index contributed by atoms with van der Waals surface area (Å²) in [5.41, 5.74) is 0.805. The summed E-state index contributed by atoms with van der Waals surface area (Å²) in [6, 6.07) is 9.46. The van der Waals surface area contributed by atoms with Gasteiger partial charge >= 0.3 is 0 Å². The van der Waals surface area contributed by atoms with E-state index in [4.69, 9.17) is 0 Å². The molecular formula is C16H25IN4OS. The Hall–Kier alpha value is -0.960. The van der Waals surface area contributed by atoms with Gasteiger partial charge in [0.15, 0.2) is 5.96 Å². The molecule has 0 saturated carbocycles. The Morgan fingerprint density at radius 1 is 1.35 bits per heavy atom. The Bertz CT molecular complexity index is 536. The summed E-state index contributed by atoms with van der Waals surface area (Å²) in [5.74, 6) is 1.79. The van der Waals surface area contributed by atoms with E-state index in [2.05, 4.69) is 34.4 Å². The van der Waals surface area contributed by atoms with Gasteiger partial charge in [0.1, 0.15) is 0 Å². The highest BCUT2D eigenvalue weighted by atomic mass is 127. The highest BCUT2D eigenvalue weighted by Crippen LogP contribution is 2.29. The Morgan fingerprint density at radius 2 is 2.04 bits per heavy atom. The van der Waals surface area contributed by atoms with Gasteiger partial charge in [-0.25, -0.2) is 0 Å². The zero-order valence-corrected chi connectivity index (χ0v) is 17.0. The van der Waals surface area contributed by atoms with Gasteiger partial charge in [-0.1, -0.05) is 18.2 Å². The molecule has 1 aliphatic heterocycles. The van der Waals surface area contributed by atoms with Gasteiger partial charge in [-0.15, -0.1) is 24.0 Å². The van der Waals surface area contributed by atoms with E-state index in [9.17, 15) is 4.79 Å². The highest BCUT2D eigenvalue weighted by Gasteiger charge is 2.28. The van der Waals surface area contributed by atoms with E-state index in [1.165, 1.54) is 0 Å². The standard InChI is InChI=1S/C16H24N4OS.HI/c1-16(2)12-20(9-10-22-16)15(17-3)18-11-14(21)19-13-7-5-4-6-8-13;/h4-8H,9-12H2,1-3H3,(H,17,18)(H,19,21);1H. The smallest absolute Gasteiger partial charge is 0.243 e. The molecule has 1 aromatic rings. The lowest BCUT2D eigenvalue weighted by Gasteiger charge is -2.39. The second-order valence-electron chi connectivity index (χ2n) is 5.84. The van der Waals surface area contributed by atoms with E-state index in [-0.39, 0.29) is 41.2 Å². The lowest BCUT2D eigenvalue weighted by molar-refractivity contribution is -0.115. The van der Waals surface area contributed by atoms with E-state index in [0.29, 0.717) is 0 Å². The average molecular weight is 448 g/mol. The van der Waals surface area contributed by atoms with Crippen molar-refractivity contribution in [3.8, 4) is 0 Å². The van der Waals surface area contributed by atoms with Crippen LogP contribution in [-0.4, -0.2) is 53.9 Å². The number of carbonyl (C=O) groups is 1. The number of anilines is 1. The first-order valence-electron chi connectivity index (χ1n) is 7.45. The van der Waals surface area contributed by atoms with Crippen LogP contribution in [0.5, 0.6) is 0 Å². The van der Waals surface area contributed by atoms with Crippen LogP contribution in [0.25, 0.3) is 0 Å². The number of para-hydroxylation sites is 1. The van der Waals surface area contributed by atoms with Crippen LogP contribution in [0.4, 0.5) is 5.69 Å². The zero-order valence-electron chi connectivity index (χ0n) is 13.8. The summed E-state index contributed by atoms with van der Waals surface area (Å²) in [7, 11) is 1.76. The Balaban J connectivity index is 0.00000264. The van der Waals surface area contributed by atoms with Gasteiger partial charge in [0.05, 0.1) is 6.54 Å². The third-order valence-electron chi connectivity index (χ3n) is 3.40. The molecule has 23 heavy (non-hydrogen) atoms. The molecule has 0 atom stereocenters. The van der Waals surface area contributed by atoms with Crippen molar-refractivity contribution < 1.29 is 4.79 Å². The summed E-state index contributed by atoms with van der Waals surface area (Å²) in [5, 5.41) is 6.01. The molecule has 1 amide bonds. The van der Waals surface area contributed by atoms with Gasteiger partial charge in [0.25, 0.3) is 0 Å². The van der Waals surface area contributed by atoms with Crippen molar-refractivity contribution in [1.82, 2.24) is 10.2 Å². The molecule has 1 heterocycles. The van der Waals surface area contributed by atoms with Gasteiger partial charge in [0, 0.05) is 36.3 Å². The monoisotopic (exact) mass is 448 g/mol. The maximum absolute atomic E-state index is 12.0. The summed E-state index contributed by atoms with van der Waals surface area (Å²) in [6.45, 7) is 6.57. The molecular weight excluding hydrogens is 423 g/mol. The van der Waals surface area contributed by atoms with Gasteiger partial charge in [-0.05, 0) is 26.0 Å². The van der Waals surface area contributed by atoms with Crippen molar-refractivity contribution >= 4 is 53.3 Å². The molecule has 1 fully saturated rings. The number of hydrogen-bond acceptors (Lipinski definition) is 3. The van der Waals surface area contributed by atoms with Crippen molar-refractivity contribution in [2.45, 2.75) is 18.6 Å². The van der Waals surface area contributed by atoms with Crippen LogP contribution >= 0.6 is 35.7 Å². The van der Waals surface area contributed by atoms with E-state index in [1.807, 2.05) is 42.1 Å². The minimum absolute atomic E-state index is 0. The fourth-order valence-electron chi connectivity index (χ4n) is 2.42. The van der Waals surface area contributed by atoms with Crippen LogP contribution in [0.3, 0.4) is 0 Å². The van der Waals surface area contributed by atoms with Crippen molar-refractivity contribution in [1.29, 1.82) is 0 Å². The van der Waals surface area contributed by atoms with Gasteiger partial charge in [0.2, 0.25) is 5.91 Å². The quantitative estimate of drug-likeness (QED) is 0.424. The molecule has 0 unspecified atom stereocenters.